The molecule has 82 valence electrons. The van der Waals surface area contributed by atoms with E-state index in [1.54, 1.807) is 6.07 Å². The lowest BCUT2D eigenvalue weighted by molar-refractivity contribution is 0.451. The van der Waals surface area contributed by atoms with E-state index < -0.39 is 11.6 Å². The van der Waals surface area contributed by atoms with Crippen molar-refractivity contribution in [2.24, 2.45) is 0 Å². The first-order valence-electron chi connectivity index (χ1n) is 5.26. The van der Waals surface area contributed by atoms with E-state index >= 15 is 0 Å². The van der Waals surface area contributed by atoms with Crippen molar-refractivity contribution in [3.8, 4) is 0 Å². The van der Waals surface area contributed by atoms with Crippen molar-refractivity contribution in [2.75, 3.05) is 0 Å². The van der Waals surface area contributed by atoms with Gasteiger partial charge >= 0.3 is 0 Å². The first-order valence-corrected chi connectivity index (χ1v) is 6.17. The summed E-state index contributed by atoms with van der Waals surface area (Å²) in [5.41, 5.74) is 0.938. The molecule has 0 heterocycles. The quantitative estimate of drug-likeness (QED) is 0.667. The third kappa shape index (κ3) is 2.57. The molecule has 0 nitrogen and oxygen atoms in total. The molecule has 1 aliphatic rings. The van der Waals surface area contributed by atoms with E-state index in [0.717, 1.165) is 31.2 Å². The lowest BCUT2D eigenvalue weighted by atomic mass is 9.84. The van der Waals surface area contributed by atoms with Crippen LogP contribution < -0.4 is 0 Å². The summed E-state index contributed by atoms with van der Waals surface area (Å²) in [5.74, 6) is -1.09. The fourth-order valence-electron chi connectivity index (χ4n) is 2.15. The van der Waals surface area contributed by atoms with Crippen LogP contribution in [0.4, 0.5) is 8.78 Å². The van der Waals surface area contributed by atoms with Gasteiger partial charge in [0, 0.05) is 4.83 Å². The minimum absolute atomic E-state index is 0.397. The molecule has 15 heavy (non-hydrogen) atoms. The van der Waals surface area contributed by atoms with Crippen molar-refractivity contribution in [1.82, 2.24) is 0 Å². The van der Waals surface area contributed by atoms with Gasteiger partial charge in [-0.15, -0.1) is 0 Å². The van der Waals surface area contributed by atoms with E-state index in [4.69, 9.17) is 0 Å². The van der Waals surface area contributed by atoms with Crippen LogP contribution in [0.3, 0.4) is 0 Å². The monoisotopic (exact) mass is 274 g/mol. The van der Waals surface area contributed by atoms with Crippen molar-refractivity contribution in [2.45, 2.75) is 36.4 Å². The highest BCUT2D eigenvalue weighted by Crippen LogP contribution is 2.35. The van der Waals surface area contributed by atoms with E-state index in [1.807, 2.05) is 0 Å². The van der Waals surface area contributed by atoms with Gasteiger partial charge in [-0.25, -0.2) is 8.78 Å². The SMILES string of the molecule is Fc1ccc(C2CCC(Br)CC2)cc1F. The number of benzene rings is 1. The zero-order valence-corrected chi connectivity index (χ0v) is 9.94. The van der Waals surface area contributed by atoms with Crippen molar-refractivity contribution >= 4 is 15.9 Å². The molecule has 0 atom stereocenters. The van der Waals surface area contributed by atoms with E-state index in [0.29, 0.717) is 10.7 Å². The second-order valence-corrected chi connectivity index (χ2v) is 5.42. The van der Waals surface area contributed by atoms with E-state index in [9.17, 15) is 8.78 Å². The maximum absolute atomic E-state index is 13.0. The average Bonchev–Trinajstić information content (AvgIpc) is 2.23. The smallest absolute Gasteiger partial charge is 0.159 e. The van der Waals surface area contributed by atoms with Gasteiger partial charge in [0.2, 0.25) is 0 Å². The summed E-state index contributed by atoms with van der Waals surface area (Å²) in [6, 6.07) is 4.27. The molecule has 0 aromatic heterocycles. The third-order valence-corrected chi connectivity index (χ3v) is 3.99. The Morgan fingerprint density at radius 3 is 2.27 bits per heavy atom. The molecule has 2 rings (SSSR count). The average molecular weight is 275 g/mol. The van der Waals surface area contributed by atoms with E-state index in [-0.39, 0.29) is 0 Å². The summed E-state index contributed by atoms with van der Waals surface area (Å²) in [6.45, 7) is 0. The predicted octanol–water partition coefficient (Wildman–Crippen LogP) is 4.39. The molecule has 1 aromatic carbocycles. The first-order chi connectivity index (χ1) is 7.16. The Balaban J connectivity index is 2.12. The maximum Gasteiger partial charge on any atom is 0.159 e. The highest BCUT2D eigenvalue weighted by molar-refractivity contribution is 9.09. The van der Waals surface area contributed by atoms with E-state index in [1.165, 1.54) is 12.1 Å². The summed E-state index contributed by atoms with van der Waals surface area (Å²) in [5, 5.41) is 0. The van der Waals surface area contributed by atoms with E-state index in [2.05, 4.69) is 15.9 Å². The van der Waals surface area contributed by atoms with Crippen LogP contribution in [0.5, 0.6) is 0 Å². The molecule has 0 radical (unpaired) electrons. The molecular formula is C12H13BrF2. The molecule has 1 aliphatic carbocycles. The Morgan fingerprint density at radius 1 is 1.00 bits per heavy atom. The normalized spacial score (nSPS) is 26.6. The zero-order valence-electron chi connectivity index (χ0n) is 8.35. The van der Waals surface area contributed by atoms with Gasteiger partial charge in [0.15, 0.2) is 11.6 Å². The highest BCUT2D eigenvalue weighted by atomic mass is 79.9. The largest absolute Gasteiger partial charge is 0.204 e. The number of rotatable bonds is 1. The van der Waals surface area contributed by atoms with Gasteiger partial charge in [0.1, 0.15) is 0 Å². The van der Waals surface area contributed by atoms with Crippen LogP contribution in [0, 0.1) is 11.6 Å². The first kappa shape index (κ1) is 11.1. The van der Waals surface area contributed by atoms with Crippen LogP contribution >= 0.6 is 15.9 Å². The highest BCUT2D eigenvalue weighted by Gasteiger charge is 2.21. The molecule has 1 aromatic rings. The van der Waals surface area contributed by atoms with Crippen LogP contribution in [-0.2, 0) is 0 Å². The fourth-order valence-corrected chi connectivity index (χ4v) is 2.68. The molecule has 3 heteroatoms. The molecule has 0 spiro atoms. The Hall–Kier alpha value is -0.440. The number of hydrogen-bond acceptors (Lipinski definition) is 0. The minimum atomic E-state index is -0.757. The molecule has 0 aliphatic heterocycles. The summed E-state index contributed by atoms with van der Waals surface area (Å²) < 4.78 is 25.8. The second-order valence-electron chi connectivity index (χ2n) is 4.12. The molecule has 1 fully saturated rings. The third-order valence-electron chi connectivity index (χ3n) is 3.07. The Kier molecular flexibility index (Phi) is 3.39. The lowest BCUT2D eigenvalue weighted by Gasteiger charge is -2.25. The van der Waals surface area contributed by atoms with Gasteiger partial charge in [-0.1, -0.05) is 22.0 Å². The summed E-state index contributed by atoms with van der Waals surface area (Å²) >= 11 is 3.58. The lowest BCUT2D eigenvalue weighted by Crippen LogP contribution is -2.12. The zero-order chi connectivity index (χ0) is 10.8. The van der Waals surface area contributed by atoms with Crippen LogP contribution in [-0.4, -0.2) is 4.83 Å². The van der Waals surface area contributed by atoms with Gasteiger partial charge in [-0.05, 0) is 49.3 Å². The summed E-state index contributed by atoms with van der Waals surface area (Å²) in [4.78, 5) is 0.596. The minimum Gasteiger partial charge on any atom is -0.204 e. The Morgan fingerprint density at radius 2 is 1.67 bits per heavy atom. The van der Waals surface area contributed by atoms with Crippen LogP contribution in [0.25, 0.3) is 0 Å². The second kappa shape index (κ2) is 4.60. The fraction of sp³-hybridized carbons (Fsp3) is 0.500. The molecule has 1 saturated carbocycles. The van der Waals surface area contributed by atoms with Crippen molar-refractivity contribution in [3.63, 3.8) is 0 Å². The van der Waals surface area contributed by atoms with Gasteiger partial charge in [0.05, 0.1) is 0 Å². The molecular weight excluding hydrogens is 262 g/mol. The number of alkyl halides is 1. The topological polar surface area (TPSA) is 0 Å². The van der Waals surface area contributed by atoms with Crippen molar-refractivity contribution in [1.29, 1.82) is 0 Å². The van der Waals surface area contributed by atoms with Gasteiger partial charge < -0.3 is 0 Å². The Labute approximate surface area is 96.8 Å². The van der Waals surface area contributed by atoms with Gasteiger partial charge in [-0.3, -0.25) is 0 Å². The number of halogens is 3. The van der Waals surface area contributed by atoms with Crippen molar-refractivity contribution < 1.29 is 8.78 Å². The van der Waals surface area contributed by atoms with Crippen LogP contribution in [0.1, 0.15) is 37.2 Å². The predicted molar refractivity (Wildman–Crippen MR) is 60.3 cm³/mol. The number of hydrogen-bond donors (Lipinski definition) is 0. The maximum atomic E-state index is 13.0. The molecule has 0 N–H and O–H groups in total. The van der Waals surface area contributed by atoms with Crippen LogP contribution in [0.15, 0.2) is 18.2 Å². The summed E-state index contributed by atoms with van der Waals surface area (Å²) in [6.07, 6.45) is 4.34. The van der Waals surface area contributed by atoms with Gasteiger partial charge in [0.25, 0.3) is 0 Å². The Bertz CT molecular complexity index is 343. The van der Waals surface area contributed by atoms with Crippen molar-refractivity contribution in [3.05, 3.63) is 35.4 Å². The molecule has 0 bridgehead atoms. The standard InChI is InChI=1S/C12H13BrF2/c13-10-4-1-8(2-5-10)9-3-6-11(14)12(15)7-9/h3,6-8,10H,1-2,4-5H2. The van der Waals surface area contributed by atoms with Crippen LogP contribution in [0.2, 0.25) is 0 Å². The van der Waals surface area contributed by atoms with Gasteiger partial charge in [-0.2, -0.15) is 0 Å². The summed E-state index contributed by atoms with van der Waals surface area (Å²) in [7, 11) is 0. The molecule has 0 saturated heterocycles. The molecule has 0 unspecified atom stereocenters. The molecule has 0 amide bonds.